The molecule has 4 heteroatoms. The first-order chi connectivity index (χ1) is 10.0. The van der Waals surface area contributed by atoms with Gasteiger partial charge in [0.2, 0.25) is 0 Å². The minimum absolute atomic E-state index is 0.0332. The van der Waals surface area contributed by atoms with Crippen LogP contribution in [0.15, 0.2) is 18.2 Å². The van der Waals surface area contributed by atoms with E-state index in [9.17, 15) is 0 Å². The highest BCUT2D eigenvalue weighted by Gasteiger charge is 2.16. The molecule has 0 aliphatic carbocycles. The van der Waals surface area contributed by atoms with Gasteiger partial charge in [0.05, 0.1) is 13.2 Å². The van der Waals surface area contributed by atoms with Gasteiger partial charge in [-0.05, 0) is 45.0 Å². The number of rotatable bonds is 9. The molecule has 0 amide bonds. The Hall–Kier alpha value is -1.10. The van der Waals surface area contributed by atoms with E-state index in [0.717, 1.165) is 31.0 Å². The molecule has 0 fully saturated rings. The van der Waals surface area contributed by atoms with E-state index in [1.807, 2.05) is 26.0 Å². The Kier molecular flexibility index (Phi) is 7.72. The Bertz CT molecular complexity index is 421. The predicted octanol–water partition coefficient (Wildman–Crippen LogP) is 2.96. The molecule has 1 aromatic rings. The summed E-state index contributed by atoms with van der Waals surface area (Å²) in [7, 11) is 1.74. The maximum Gasteiger partial charge on any atom is 0.123 e. The average molecular weight is 294 g/mol. The van der Waals surface area contributed by atoms with Crippen molar-refractivity contribution in [2.24, 2.45) is 5.73 Å². The normalized spacial score (nSPS) is 14.2. The second-order valence-corrected chi connectivity index (χ2v) is 5.46. The summed E-state index contributed by atoms with van der Waals surface area (Å²) in [6, 6.07) is 6.65. The van der Waals surface area contributed by atoms with E-state index in [1.54, 1.807) is 7.11 Å². The third kappa shape index (κ3) is 5.30. The molecule has 0 saturated heterocycles. The highest BCUT2D eigenvalue weighted by Crippen LogP contribution is 2.25. The maximum atomic E-state index is 6.00. The molecule has 120 valence electrons. The molecule has 2 atom stereocenters. The van der Waals surface area contributed by atoms with Crippen molar-refractivity contribution < 1.29 is 9.47 Å². The van der Waals surface area contributed by atoms with E-state index in [-0.39, 0.29) is 6.04 Å². The van der Waals surface area contributed by atoms with Crippen LogP contribution in [0.5, 0.6) is 5.75 Å². The predicted molar refractivity (Wildman–Crippen MR) is 87.6 cm³/mol. The van der Waals surface area contributed by atoms with Crippen LogP contribution in [-0.2, 0) is 11.3 Å². The zero-order valence-electron chi connectivity index (χ0n) is 14.1. The molecule has 0 bridgehead atoms. The van der Waals surface area contributed by atoms with Crippen molar-refractivity contribution >= 4 is 0 Å². The van der Waals surface area contributed by atoms with Gasteiger partial charge >= 0.3 is 0 Å². The number of likely N-dealkylation sites (N-methyl/N-ethyl adjacent to an activating group) is 1. The van der Waals surface area contributed by atoms with Gasteiger partial charge in [0.15, 0.2) is 0 Å². The molecule has 21 heavy (non-hydrogen) atoms. The third-order valence-electron chi connectivity index (χ3n) is 3.72. The van der Waals surface area contributed by atoms with E-state index in [2.05, 4.69) is 24.8 Å². The van der Waals surface area contributed by atoms with Crippen LogP contribution >= 0.6 is 0 Å². The second-order valence-electron chi connectivity index (χ2n) is 5.46. The van der Waals surface area contributed by atoms with E-state index in [0.29, 0.717) is 12.6 Å². The first kappa shape index (κ1) is 18.0. The minimum atomic E-state index is 0.0332. The van der Waals surface area contributed by atoms with Crippen LogP contribution in [0.1, 0.15) is 44.9 Å². The van der Waals surface area contributed by atoms with Crippen molar-refractivity contribution in [2.45, 2.75) is 46.3 Å². The van der Waals surface area contributed by atoms with Gasteiger partial charge < -0.3 is 15.2 Å². The minimum Gasteiger partial charge on any atom is -0.494 e. The summed E-state index contributed by atoms with van der Waals surface area (Å²) in [6.07, 6.45) is 0. The number of hydrogen-bond donors (Lipinski definition) is 1. The molecular weight excluding hydrogens is 264 g/mol. The first-order valence-corrected chi connectivity index (χ1v) is 7.77. The van der Waals surface area contributed by atoms with Crippen LogP contribution in [0.2, 0.25) is 0 Å². The molecule has 0 heterocycles. The molecule has 1 rings (SSSR count). The Morgan fingerprint density at radius 2 is 1.95 bits per heavy atom. The lowest BCUT2D eigenvalue weighted by atomic mass is 10.0. The number of nitrogens with two attached hydrogens (primary N) is 1. The van der Waals surface area contributed by atoms with Gasteiger partial charge in [0, 0.05) is 31.3 Å². The third-order valence-corrected chi connectivity index (χ3v) is 3.72. The van der Waals surface area contributed by atoms with Crippen LogP contribution in [0, 0.1) is 0 Å². The molecule has 0 aliphatic heterocycles. The molecule has 0 radical (unpaired) electrons. The van der Waals surface area contributed by atoms with Crippen molar-refractivity contribution in [2.75, 3.05) is 26.9 Å². The number of nitrogens with zero attached hydrogens (tertiary/aromatic N) is 1. The van der Waals surface area contributed by atoms with Crippen molar-refractivity contribution in [1.82, 2.24) is 4.90 Å². The highest BCUT2D eigenvalue weighted by atomic mass is 16.5. The molecule has 4 nitrogen and oxygen atoms in total. The lowest BCUT2D eigenvalue weighted by Gasteiger charge is -2.28. The lowest BCUT2D eigenvalue weighted by Crippen LogP contribution is -2.35. The molecule has 0 spiro atoms. The molecule has 2 N–H and O–H groups in total. The number of methoxy groups -OCH3 is 1. The van der Waals surface area contributed by atoms with Gasteiger partial charge in [-0.25, -0.2) is 0 Å². The summed E-state index contributed by atoms with van der Waals surface area (Å²) in [5.74, 6) is 0.949. The topological polar surface area (TPSA) is 47.7 Å². The van der Waals surface area contributed by atoms with Gasteiger partial charge in [0.25, 0.3) is 0 Å². The second kappa shape index (κ2) is 9.03. The highest BCUT2D eigenvalue weighted by molar-refractivity contribution is 5.38. The smallest absolute Gasteiger partial charge is 0.123 e. The Balaban J connectivity index is 2.98. The maximum absolute atomic E-state index is 6.00. The molecule has 0 saturated carbocycles. The van der Waals surface area contributed by atoms with Gasteiger partial charge in [-0.2, -0.15) is 0 Å². The molecule has 1 aromatic carbocycles. The van der Waals surface area contributed by atoms with E-state index >= 15 is 0 Å². The fourth-order valence-electron chi connectivity index (χ4n) is 2.45. The van der Waals surface area contributed by atoms with Gasteiger partial charge in [-0.15, -0.1) is 0 Å². The summed E-state index contributed by atoms with van der Waals surface area (Å²) in [5, 5.41) is 0. The fraction of sp³-hybridized carbons (Fsp3) is 0.647. The quantitative estimate of drug-likeness (QED) is 0.760. The summed E-state index contributed by atoms with van der Waals surface area (Å²) in [4.78, 5) is 2.38. The zero-order chi connectivity index (χ0) is 15.8. The molecular formula is C17H30N2O2. The van der Waals surface area contributed by atoms with Crippen molar-refractivity contribution in [3.63, 3.8) is 0 Å². The van der Waals surface area contributed by atoms with Crippen LogP contribution < -0.4 is 10.5 Å². The Labute approximate surface area is 129 Å². The van der Waals surface area contributed by atoms with Gasteiger partial charge in [-0.1, -0.05) is 13.0 Å². The van der Waals surface area contributed by atoms with E-state index < -0.39 is 0 Å². The zero-order valence-corrected chi connectivity index (χ0v) is 14.1. The number of hydrogen-bond acceptors (Lipinski definition) is 4. The van der Waals surface area contributed by atoms with Gasteiger partial charge in [-0.3, -0.25) is 4.90 Å². The van der Waals surface area contributed by atoms with Crippen LogP contribution in [0.25, 0.3) is 0 Å². The van der Waals surface area contributed by atoms with E-state index in [1.165, 1.54) is 5.56 Å². The average Bonchev–Trinajstić information content (AvgIpc) is 2.46. The molecule has 0 aromatic heterocycles. The Morgan fingerprint density at radius 3 is 2.48 bits per heavy atom. The van der Waals surface area contributed by atoms with Crippen LogP contribution in [0.4, 0.5) is 0 Å². The van der Waals surface area contributed by atoms with Crippen LogP contribution in [-0.4, -0.2) is 37.8 Å². The van der Waals surface area contributed by atoms with Crippen molar-refractivity contribution in [1.29, 1.82) is 0 Å². The monoisotopic (exact) mass is 294 g/mol. The fourth-order valence-corrected chi connectivity index (χ4v) is 2.45. The summed E-state index contributed by atoms with van der Waals surface area (Å²) < 4.78 is 11.0. The van der Waals surface area contributed by atoms with E-state index in [4.69, 9.17) is 15.2 Å². The number of benzene rings is 1. The largest absolute Gasteiger partial charge is 0.494 e. The lowest BCUT2D eigenvalue weighted by molar-refractivity contribution is 0.0975. The SMILES string of the molecule is CCOc1ccc(C(C)N)cc1CN(CC)C(C)COC. The standard InChI is InChI=1S/C17H30N2O2/c1-6-19(13(3)12-20-5)11-16-10-15(14(4)18)8-9-17(16)21-7-2/h8-10,13-14H,6-7,11-12,18H2,1-5H3. The van der Waals surface area contributed by atoms with Crippen molar-refractivity contribution in [3.05, 3.63) is 29.3 Å². The van der Waals surface area contributed by atoms with Gasteiger partial charge in [0.1, 0.15) is 5.75 Å². The number of ether oxygens (including phenoxy) is 2. The first-order valence-electron chi connectivity index (χ1n) is 7.77. The molecule has 2 unspecified atom stereocenters. The summed E-state index contributed by atoms with van der Waals surface area (Å²) >= 11 is 0. The van der Waals surface area contributed by atoms with Crippen molar-refractivity contribution in [3.8, 4) is 5.75 Å². The Morgan fingerprint density at radius 1 is 1.24 bits per heavy atom. The molecule has 0 aliphatic rings. The summed E-state index contributed by atoms with van der Waals surface area (Å²) in [6.45, 7) is 11.6. The summed E-state index contributed by atoms with van der Waals surface area (Å²) in [5.41, 5.74) is 8.34. The van der Waals surface area contributed by atoms with Crippen LogP contribution in [0.3, 0.4) is 0 Å².